The van der Waals surface area contributed by atoms with Gasteiger partial charge < -0.3 is 0 Å². The molecule has 0 saturated carbocycles. The number of allylic oxidation sites excluding steroid dienone is 4. The normalized spacial score (nSPS) is 20.3. The van der Waals surface area contributed by atoms with E-state index in [1.54, 1.807) is 0 Å². The molecule has 12 heavy (non-hydrogen) atoms. The molecule has 0 amide bonds. The molecule has 0 heterocycles. The zero-order valence-electron chi connectivity index (χ0n) is 8.18. The van der Waals surface area contributed by atoms with Crippen molar-refractivity contribution in [3.63, 3.8) is 0 Å². The van der Waals surface area contributed by atoms with Crippen molar-refractivity contribution in [3.05, 3.63) is 23.8 Å². The van der Waals surface area contributed by atoms with E-state index in [2.05, 4.69) is 38.2 Å². The van der Waals surface area contributed by atoms with E-state index in [-0.39, 0.29) is 0 Å². The minimum absolute atomic E-state index is 1.14. The molecule has 0 atom stereocenters. The van der Waals surface area contributed by atoms with Gasteiger partial charge >= 0.3 is 80.0 Å². The Labute approximate surface area is 80.4 Å². The summed E-state index contributed by atoms with van der Waals surface area (Å²) in [6.45, 7) is 6.66. The molecule has 0 radical (unpaired) electrons. The van der Waals surface area contributed by atoms with Gasteiger partial charge in [-0.25, -0.2) is 0 Å². The minimum atomic E-state index is -1.78. The van der Waals surface area contributed by atoms with Crippen LogP contribution in [0.4, 0.5) is 0 Å². The van der Waals surface area contributed by atoms with Crippen LogP contribution in [0.1, 0.15) is 12.8 Å². The van der Waals surface area contributed by atoms with Crippen LogP contribution in [0.25, 0.3) is 0 Å². The van der Waals surface area contributed by atoms with Crippen LogP contribution in [0, 0.1) is 0 Å². The molecule has 0 aromatic rings. The van der Waals surface area contributed by atoms with Crippen molar-refractivity contribution in [1.29, 1.82) is 0 Å². The van der Waals surface area contributed by atoms with E-state index in [0.717, 1.165) is 6.42 Å². The van der Waals surface area contributed by atoms with Crippen LogP contribution in [0.3, 0.4) is 0 Å². The van der Waals surface area contributed by atoms with E-state index in [1.807, 2.05) is 0 Å². The number of rotatable bonds is 3. The Morgan fingerprint density at radius 2 is 2.08 bits per heavy atom. The Balaban J connectivity index is 2.36. The number of hydrogen-bond donors (Lipinski definition) is 0. The molecule has 0 aromatic heterocycles. The van der Waals surface area contributed by atoms with E-state index in [9.17, 15) is 0 Å². The third-order valence-corrected chi connectivity index (χ3v) is 4.28. The second-order valence-electron chi connectivity index (χ2n) is 4.85. The van der Waals surface area contributed by atoms with Gasteiger partial charge in [0.05, 0.1) is 0 Å². The van der Waals surface area contributed by atoms with Crippen LogP contribution >= 0.6 is 17.2 Å². The second-order valence-corrected chi connectivity index (χ2v) is 14.9. The third-order valence-electron chi connectivity index (χ3n) is 2.04. The molecule has 0 unspecified atom stereocenters. The van der Waals surface area contributed by atoms with Crippen molar-refractivity contribution in [3.8, 4) is 0 Å². The van der Waals surface area contributed by atoms with Gasteiger partial charge in [0.25, 0.3) is 0 Å². The first kappa shape index (κ1) is 10.3. The standard InChI is InChI=1S/C10H18ClP/c1-12(2,3,11)9-8-10-6-4-5-7-10/h4-6H,7-9H2,1-3H3. The van der Waals surface area contributed by atoms with Crippen molar-refractivity contribution >= 4 is 17.2 Å². The van der Waals surface area contributed by atoms with Crippen LogP contribution in [0.2, 0.25) is 0 Å². The van der Waals surface area contributed by atoms with Crippen LogP contribution < -0.4 is 0 Å². The molecule has 70 valence electrons. The fourth-order valence-electron chi connectivity index (χ4n) is 1.20. The van der Waals surface area contributed by atoms with E-state index in [1.165, 1.54) is 18.2 Å². The molecular weight excluding hydrogens is 187 g/mol. The van der Waals surface area contributed by atoms with Crippen molar-refractivity contribution in [2.45, 2.75) is 12.8 Å². The van der Waals surface area contributed by atoms with Crippen molar-refractivity contribution in [2.24, 2.45) is 0 Å². The SMILES string of the molecule is CP(C)(C)(Cl)CCC1=CC=CC1. The van der Waals surface area contributed by atoms with E-state index in [0.29, 0.717) is 0 Å². The van der Waals surface area contributed by atoms with Gasteiger partial charge in [-0.3, -0.25) is 0 Å². The quantitative estimate of drug-likeness (QED) is 0.613. The zero-order valence-corrected chi connectivity index (χ0v) is 9.83. The van der Waals surface area contributed by atoms with Crippen LogP contribution in [0.5, 0.6) is 0 Å². The fourth-order valence-corrected chi connectivity index (χ4v) is 2.49. The summed E-state index contributed by atoms with van der Waals surface area (Å²) in [6, 6.07) is 0. The molecule has 0 spiro atoms. The van der Waals surface area contributed by atoms with Gasteiger partial charge in [0, 0.05) is 0 Å². The number of halogens is 1. The van der Waals surface area contributed by atoms with Gasteiger partial charge in [0.15, 0.2) is 0 Å². The number of hydrogen-bond acceptors (Lipinski definition) is 0. The van der Waals surface area contributed by atoms with Crippen molar-refractivity contribution in [1.82, 2.24) is 0 Å². The molecule has 0 nitrogen and oxygen atoms in total. The molecule has 0 fully saturated rings. The summed E-state index contributed by atoms with van der Waals surface area (Å²) in [7, 11) is 0. The Hall–Kier alpha value is 0.200. The molecule has 0 aromatic carbocycles. The second kappa shape index (κ2) is 3.16. The predicted molar refractivity (Wildman–Crippen MR) is 61.9 cm³/mol. The topological polar surface area (TPSA) is 0 Å². The third kappa shape index (κ3) is 4.28. The zero-order chi connectivity index (χ0) is 9.27. The summed E-state index contributed by atoms with van der Waals surface area (Å²) in [6.07, 6.45) is 10.1. The molecule has 1 aliphatic rings. The van der Waals surface area contributed by atoms with Gasteiger partial charge in [-0.2, -0.15) is 0 Å². The van der Waals surface area contributed by atoms with Gasteiger partial charge in [0.2, 0.25) is 0 Å². The van der Waals surface area contributed by atoms with E-state index >= 15 is 0 Å². The molecule has 2 heteroatoms. The van der Waals surface area contributed by atoms with Gasteiger partial charge in [-0.15, -0.1) is 0 Å². The summed E-state index contributed by atoms with van der Waals surface area (Å²) in [4.78, 5) is 0. The first-order chi connectivity index (χ1) is 5.33. The first-order valence-electron chi connectivity index (χ1n) is 4.40. The average Bonchev–Trinajstić information content (AvgIpc) is 2.30. The predicted octanol–water partition coefficient (Wildman–Crippen LogP) is 3.86. The Morgan fingerprint density at radius 1 is 1.42 bits per heavy atom. The summed E-state index contributed by atoms with van der Waals surface area (Å²) >= 11 is 6.45. The molecule has 1 rings (SSSR count). The van der Waals surface area contributed by atoms with Crippen LogP contribution in [-0.4, -0.2) is 26.2 Å². The van der Waals surface area contributed by atoms with Gasteiger partial charge in [-0.05, 0) is 0 Å². The average molecular weight is 205 g/mol. The Bertz CT molecular complexity index is 221. The molecule has 0 N–H and O–H groups in total. The maximum atomic E-state index is 6.45. The Kier molecular flexibility index (Phi) is 2.71. The Morgan fingerprint density at radius 3 is 2.50 bits per heavy atom. The molecule has 0 saturated heterocycles. The summed E-state index contributed by atoms with van der Waals surface area (Å²) in [5.41, 5.74) is 1.54. The van der Waals surface area contributed by atoms with Gasteiger partial charge in [-0.1, -0.05) is 0 Å². The molecular formula is C10H18ClP. The summed E-state index contributed by atoms with van der Waals surface area (Å²) < 4.78 is 0. The monoisotopic (exact) mass is 204 g/mol. The maximum absolute atomic E-state index is 6.45. The fraction of sp³-hybridized carbons (Fsp3) is 0.600. The van der Waals surface area contributed by atoms with Crippen molar-refractivity contribution in [2.75, 3.05) is 26.2 Å². The van der Waals surface area contributed by atoms with E-state index < -0.39 is 5.96 Å². The summed E-state index contributed by atoms with van der Waals surface area (Å²) in [5.74, 6) is -1.78. The van der Waals surface area contributed by atoms with Gasteiger partial charge in [0.1, 0.15) is 0 Å². The molecule has 1 aliphatic carbocycles. The van der Waals surface area contributed by atoms with Crippen LogP contribution in [-0.2, 0) is 0 Å². The van der Waals surface area contributed by atoms with Crippen LogP contribution in [0.15, 0.2) is 23.8 Å². The van der Waals surface area contributed by atoms with Crippen molar-refractivity contribution < 1.29 is 0 Å². The first-order valence-corrected chi connectivity index (χ1v) is 9.07. The molecule has 0 aliphatic heterocycles. The summed E-state index contributed by atoms with van der Waals surface area (Å²) in [5, 5.41) is 0. The van der Waals surface area contributed by atoms with E-state index in [4.69, 9.17) is 11.2 Å². The molecule has 0 bridgehead atoms.